The molecule has 0 aliphatic carbocycles. The highest BCUT2D eigenvalue weighted by Gasteiger charge is 2.18. The standard InChI is InChI=1S/C32H38N2/c1-33(2,23-27-11-7-5-8-12-27)25-29-15-19-31(20-16-29)32-21-17-30(18-22-32)26-34(3,4)24-28-13-9-6-10-14-28/h5-22H,23-26H2,1-4H3/q+2. The summed E-state index contributed by atoms with van der Waals surface area (Å²) in [6.45, 7) is 4.09. The van der Waals surface area contributed by atoms with Crippen molar-refractivity contribution in [3.8, 4) is 11.1 Å². The van der Waals surface area contributed by atoms with E-state index < -0.39 is 0 Å². The van der Waals surface area contributed by atoms with Crippen LogP contribution < -0.4 is 0 Å². The molecule has 4 rings (SSSR count). The maximum absolute atomic E-state index is 2.30. The summed E-state index contributed by atoms with van der Waals surface area (Å²) in [5.74, 6) is 0. The van der Waals surface area contributed by atoms with E-state index in [-0.39, 0.29) is 0 Å². The third-order valence-electron chi connectivity index (χ3n) is 6.37. The first-order valence-corrected chi connectivity index (χ1v) is 12.2. The van der Waals surface area contributed by atoms with E-state index in [0.29, 0.717) is 0 Å². The lowest BCUT2D eigenvalue weighted by molar-refractivity contribution is -0.916. The van der Waals surface area contributed by atoms with Gasteiger partial charge in [0.15, 0.2) is 0 Å². The molecule has 0 radical (unpaired) electrons. The molecule has 0 aliphatic heterocycles. The van der Waals surface area contributed by atoms with Crippen LogP contribution in [0.5, 0.6) is 0 Å². The van der Waals surface area contributed by atoms with Gasteiger partial charge >= 0.3 is 0 Å². The Morgan fingerprint density at radius 2 is 0.618 bits per heavy atom. The summed E-state index contributed by atoms with van der Waals surface area (Å²) < 4.78 is 1.88. The van der Waals surface area contributed by atoms with Gasteiger partial charge in [0.25, 0.3) is 0 Å². The summed E-state index contributed by atoms with van der Waals surface area (Å²) in [5, 5.41) is 0. The molecule has 0 N–H and O–H groups in total. The van der Waals surface area contributed by atoms with E-state index in [9.17, 15) is 0 Å². The summed E-state index contributed by atoms with van der Waals surface area (Å²) >= 11 is 0. The molecule has 0 amide bonds. The predicted molar refractivity (Wildman–Crippen MR) is 144 cm³/mol. The van der Waals surface area contributed by atoms with Crippen LogP contribution in [0.1, 0.15) is 22.3 Å². The second kappa shape index (κ2) is 10.4. The van der Waals surface area contributed by atoms with Gasteiger partial charge in [0, 0.05) is 22.3 Å². The average Bonchev–Trinajstić information content (AvgIpc) is 2.80. The maximum atomic E-state index is 2.30. The molecule has 2 nitrogen and oxygen atoms in total. The molecule has 4 aromatic carbocycles. The van der Waals surface area contributed by atoms with Crippen molar-refractivity contribution in [3.05, 3.63) is 131 Å². The van der Waals surface area contributed by atoms with E-state index in [2.05, 4.69) is 137 Å². The van der Waals surface area contributed by atoms with Crippen molar-refractivity contribution < 1.29 is 8.97 Å². The SMILES string of the molecule is C[N+](C)(Cc1ccccc1)Cc1ccc(-c2ccc(C[N+](C)(C)Cc3ccccc3)cc2)cc1. The summed E-state index contributed by atoms with van der Waals surface area (Å²) in [5.41, 5.74) is 8.08. The molecule has 0 fully saturated rings. The molecule has 0 unspecified atom stereocenters. The lowest BCUT2D eigenvalue weighted by Crippen LogP contribution is -2.37. The summed E-state index contributed by atoms with van der Waals surface area (Å²) in [6, 6.07) is 39.7. The van der Waals surface area contributed by atoms with Crippen LogP contribution in [0.4, 0.5) is 0 Å². The Morgan fingerprint density at radius 3 is 0.912 bits per heavy atom. The van der Waals surface area contributed by atoms with Crippen LogP contribution in [0.25, 0.3) is 11.1 Å². The molecule has 0 atom stereocenters. The highest BCUT2D eigenvalue weighted by atomic mass is 15.3. The molecule has 0 aromatic heterocycles. The number of nitrogens with zero attached hydrogens (tertiary/aromatic N) is 2. The summed E-state index contributed by atoms with van der Waals surface area (Å²) in [4.78, 5) is 0. The zero-order chi connectivity index (χ0) is 24.0. The minimum Gasteiger partial charge on any atom is -0.321 e. The first kappa shape index (κ1) is 23.9. The van der Waals surface area contributed by atoms with Crippen LogP contribution in [0, 0.1) is 0 Å². The van der Waals surface area contributed by atoms with Crippen molar-refractivity contribution in [2.75, 3.05) is 28.2 Å². The monoisotopic (exact) mass is 450 g/mol. The second-order valence-electron chi connectivity index (χ2n) is 10.9. The summed E-state index contributed by atoms with van der Waals surface area (Å²) in [6.07, 6.45) is 0. The van der Waals surface area contributed by atoms with Gasteiger partial charge in [0.2, 0.25) is 0 Å². The van der Waals surface area contributed by atoms with Crippen LogP contribution in [-0.2, 0) is 26.2 Å². The number of benzene rings is 4. The van der Waals surface area contributed by atoms with Gasteiger partial charge in [-0.25, -0.2) is 0 Å². The highest BCUT2D eigenvalue weighted by molar-refractivity contribution is 5.63. The minimum absolute atomic E-state index is 0.940. The Balaban J connectivity index is 1.37. The third kappa shape index (κ3) is 6.90. The molecular formula is C32H38N2+2. The van der Waals surface area contributed by atoms with Gasteiger partial charge < -0.3 is 8.97 Å². The van der Waals surface area contributed by atoms with E-state index in [0.717, 1.165) is 35.1 Å². The fourth-order valence-corrected chi connectivity index (χ4v) is 4.86. The van der Waals surface area contributed by atoms with E-state index in [1.54, 1.807) is 0 Å². The van der Waals surface area contributed by atoms with Crippen molar-refractivity contribution in [2.24, 2.45) is 0 Å². The Kier molecular flexibility index (Phi) is 7.31. The van der Waals surface area contributed by atoms with E-state index >= 15 is 0 Å². The first-order valence-electron chi connectivity index (χ1n) is 12.2. The Bertz CT molecular complexity index is 1060. The number of quaternary nitrogens is 2. The zero-order valence-electron chi connectivity index (χ0n) is 21.1. The average molecular weight is 451 g/mol. The van der Waals surface area contributed by atoms with Gasteiger partial charge in [-0.3, -0.25) is 0 Å². The molecule has 174 valence electrons. The molecule has 2 heteroatoms. The van der Waals surface area contributed by atoms with Crippen LogP contribution in [0.15, 0.2) is 109 Å². The molecule has 0 aliphatic rings. The number of rotatable bonds is 9. The molecule has 4 aromatic rings. The van der Waals surface area contributed by atoms with Crippen LogP contribution in [0.2, 0.25) is 0 Å². The molecule has 0 saturated heterocycles. The second-order valence-corrected chi connectivity index (χ2v) is 10.9. The smallest absolute Gasteiger partial charge is 0.104 e. The van der Waals surface area contributed by atoms with E-state index in [1.165, 1.54) is 33.4 Å². The highest BCUT2D eigenvalue weighted by Crippen LogP contribution is 2.23. The molecule has 0 saturated carbocycles. The lowest BCUT2D eigenvalue weighted by atomic mass is 10.0. The van der Waals surface area contributed by atoms with Crippen LogP contribution >= 0.6 is 0 Å². The van der Waals surface area contributed by atoms with Gasteiger partial charge in [-0.1, -0.05) is 109 Å². The largest absolute Gasteiger partial charge is 0.321 e. The number of hydrogen-bond acceptors (Lipinski definition) is 0. The van der Waals surface area contributed by atoms with E-state index in [1.807, 2.05) is 0 Å². The minimum atomic E-state index is 0.940. The quantitative estimate of drug-likeness (QED) is 0.243. The number of hydrogen-bond donors (Lipinski definition) is 0. The van der Waals surface area contributed by atoms with E-state index in [4.69, 9.17) is 0 Å². The Morgan fingerprint density at radius 1 is 0.353 bits per heavy atom. The van der Waals surface area contributed by atoms with Crippen LogP contribution in [0.3, 0.4) is 0 Å². The fourth-order valence-electron chi connectivity index (χ4n) is 4.86. The summed E-state index contributed by atoms with van der Waals surface area (Å²) in [7, 11) is 9.21. The van der Waals surface area contributed by atoms with Crippen molar-refractivity contribution in [2.45, 2.75) is 26.2 Å². The molecule has 34 heavy (non-hydrogen) atoms. The molecular weight excluding hydrogens is 412 g/mol. The lowest BCUT2D eigenvalue weighted by Gasteiger charge is -2.30. The van der Waals surface area contributed by atoms with Gasteiger partial charge in [0.05, 0.1) is 28.2 Å². The zero-order valence-corrected chi connectivity index (χ0v) is 21.1. The van der Waals surface area contributed by atoms with Crippen molar-refractivity contribution in [3.63, 3.8) is 0 Å². The Hall–Kier alpha value is -3.20. The maximum Gasteiger partial charge on any atom is 0.104 e. The Labute approximate surface area is 205 Å². The first-order chi connectivity index (χ1) is 16.3. The molecule has 0 bridgehead atoms. The van der Waals surface area contributed by atoms with Crippen LogP contribution in [-0.4, -0.2) is 37.2 Å². The van der Waals surface area contributed by atoms with Gasteiger partial charge in [-0.2, -0.15) is 0 Å². The topological polar surface area (TPSA) is 0 Å². The van der Waals surface area contributed by atoms with Gasteiger partial charge in [0.1, 0.15) is 26.2 Å². The predicted octanol–water partition coefficient (Wildman–Crippen LogP) is 6.91. The van der Waals surface area contributed by atoms with Gasteiger partial charge in [-0.15, -0.1) is 0 Å². The van der Waals surface area contributed by atoms with Crippen molar-refractivity contribution >= 4 is 0 Å². The molecule has 0 heterocycles. The third-order valence-corrected chi connectivity index (χ3v) is 6.37. The van der Waals surface area contributed by atoms with Crippen molar-refractivity contribution in [1.82, 2.24) is 0 Å². The normalized spacial score (nSPS) is 12.0. The van der Waals surface area contributed by atoms with Crippen molar-refractivity contribution in [1.29, 1.82) is 0 Å². The fraction of sp³-hybridized carbons (Fsp3) is 0.250. The molecule has 0 spiro atoms. The van der Waals surface area contributed by atoms with Gasteiger partial charge in [-0.05, 0) is 11.1 Å².